The number of likely N-dealkylation sites (tertiary alicyclic amines) is 1. The number of aryl methyl sites for hydroxylation is 2. The number of hydrogen-bond acceptors (Lipinski definition) is 3. The first kappa shape index (κ1) is 15.5. The molecule has 2 saturated heterocycles. The molecule has 2 fully saturated rings. The molecule has 4 nitrogen and oxygen atoms in total. The summed E-state index contributed by atoms with van der Waals surface area (Å²) in [7, 11) is 0. The van der Waals surface area contributed by atoms with E-state index in [0.29, 0.717) is 5.92 Å². The first-order valence-electron chi connectivity index (χ1n) is 8.30. The third-order valence-electron chi connectivity index (χ3n) is 5.29. The van der Waals surface area contributed by atoms with Crippen LogP contribution in [0.3, 0.4) is 0 Å². The maximum absolute atomic E-state index is 11.0. The van der Waals surface area contributed by atoms with Gasteiger partial charge in [0.25, 0.3) is 0 Å². The summed E-state index contributed by atoms with van der Waals surface area (Å²) in [4.78, 5) is 13.4. The van der Waals surface area contributed by atoms with Crippen LogP contribution in [0.5, 0.6) is 0 Å². The molecule has 2 heterocycles. The van der Waals surface area contributed by atoms with E-state index in [9.17, 15) is 4.79 Å². The van der Waals surface area contributed by atoms with Crippen LogP contribution in [0.25, 0.3) is 0 Å². The maximum atomic E-state index is 11.0. The lowest BCUT2D eigenvalue weighted by Gasteiger charge is -2.32. The van der Waals surface area contributed by atoms with Gasteiger partial charge < -0.3 is 10.4 Å². The van der Waals surface area contributed by atoms with Gasteiger partial charge in [0, 0.05) is 25.6 Å². The topological polar surface area (TPSA) is 52.6 Å². The van der Waals surface area contributed by atoms with Gasteiger partial charge in [-0.15, -0.1) is 0 Å². The molecule has 2 aliphatic heterocycles. The Balaban J connectivity index is 1.66. The molecule has 120 valence electrons. The van der Waals surface area contributed by atoms with E-state index in [1.165, 1.54) is 22.3 Å². The summed E-state index contributed by atoms with van der Waals surface area (Å²) in [5, 5.41) is 12.4. The van der Waals surface area contributed by atoms with Crippen molar-refractivity contribution in [3.63, 3.8) is 0 Å². The Morgan fingerprint density at radius 2 is 1.82 bits per heavy atom. The molecule has 0 radical (unpaired) electrons. The first-order valence-corrected chi connectivity index (χ1v) is 8.30. The lowest BCUT2D eigenvalue weighted by atomic mass is 9.88. The smallest absolute Gasteiger partial charge is 0.306 e. The van der Waals surface area contributed by atoms with Crippen LogP contribution in [0, 0.1) is 19.8 Å². The number of carboxylic acids is 1. The zero-order chi connectivity index (χ0) is 15.7. The fourth-order valence-electron chi connectivity index (χ4n) is 3.60. The Kier molecular flexibility index (Phi) is 4.50. The third kappa shape index (κ3) is 3.18. The van der Waals surface area contributed by atoms with Crippen LogP contribution in [0.2, 0.25) is 0 Å². The van der Waals surface area contributed by atoms with Gasteiger partial charge in [-0.2, -0.15) is 0 Å². The maximum Gasteiger partial charge on any atom is 0.306 e. The number of nitrogens with one attached hydrogen (secondary N) is 1. The van der Waals surface area contributed by atoms with Crippen LogP contribution in [0.4, 0.5) is 0 Å². The molecule has 1 aromatic rings. The van der Waals surface area contributed by atoms with Gasteiger partial charge in [-0.1, -0.05) is 12.1 Å². The highest BCUT2D eigenvalue weighted by atomic mass is 16.4. The highest BCUT2D eigenvalue weighted by molar-refractivity contribution is 5.70. The number of carbonyl (C=O) groups is 1. The minimum Gasteiger partial charge on any atom is -0.481 e. The van der Waals surface area contributed by atoms with Crippen LogP contribution >= 0.6 is 0 Å². The summed E-state index contributed by atoms with van der Waals surface area (Å²) in [5.41, 5.74) is 5.64. The van der Waals surface area contributed by atoms with E-state index in [0.717, 1.165) is 45.6 Å². The SMILES string of the molecule is Cc1cc(C2CNC2)cc(C)c1CN1CCC(C(=O)O)CC1. The molecule has 0 amide bonds. The summed E-state index contributed by atoms with van der Waals surface area (Å²) in [5.74, 6) is -0.102. The van der Waals surface area contributed by atoms with Crippen LogP contribution < -0.4 is 5.32 Å². The Morgan fingerprint density at radius 1 is 1.23 bits per heavy atom. The van der Waals surface area contributed by atoms with Crippen molar-refractivity contribution < 1.29 is 9.90 Å². The minimum absolute atomic E-state index is 0.146. The van der Waals surface area contributed by atoms with E-state index in [-0.39, 0.29) is 5.92 Å². The normalized spacial score (nSPS) is 20.8. The van der Waals surface area contributed by atoms with E-state index in [1.54, 1.807) is 0 Å². The fraction of sp³-hybridized carbons (Fsp3) is 0.611. The van der Waals surface area contributed by atoms with Gasteiger partial charge in [0.05, 0.1) is 5.92 Å². The summed E-state index contributed by atoms with van der Waals surface area (Å²) < 4.78 is 0. The number of rotatable bonds is 4. The van der Waals surface area contributed by atoms with E-state index in [2.05, 4.69) is 36.2 Å². The summed E-state index contributed by atoms with van der Waals surface area (Å²) >= 11 is 0. The lowest BCUT2D eigenvalue weighted by molar-refractivity contribution is -0.143. The molecule has 0 saturated carbocycles. The van der Waals surface area contributed by atoms with Gasteiger partial charge in [-0.3, -0.25) is 9.69 Å². The van der Waals surface area contributed by atoms with Crippen LogP contribution in [0.1, 0.15) is 41.0 Å². The molecule has 0 spiro atoms. The van der Waals surface area contributed by atoms with Crippen molar-refractivity contribution in [2.75, 3.05) is 26.2 Å². The van der Waals surface area contributed by atoms with E-state index in [1.807, 2.05) is 0 Å². The quantitative estimate of drug-likeness (QED) is 0.896. The number of benzene rings is 1. The third-order valence-corrected chi connectivity index (χ3v) is 5.29. The molecule has 4 heteroatoms. The van der Waals surface area contributed by atoms with E-state index in [4.69, 9.17) is 5.11 Å². The van der Waals surface area contributed by atoms with Gasteiger partial charge in [0.15, 0.2) is 0 Å². The molecule has 2 N–H and O–H groups in total. The minimum atomic E-state index is -0.634. The van der Waals surface area contributed by atoms with Crippen molar-refractivity contribution in [2.24, 2.45) is 5.92 Å². The molecule has 2 aliphatic rings. The van der Waals surface area contributed by atoms with Crippen molar-refractivity contribution in [1.82, 2.24) is 10.2 Å². The zero-order valence-corrected chi connectivity index (χ0v) is 13.6. The molecule has 0 unspecified atom stereocenters. The predicted octanol–water partition coefficient (Wildman–Crippen LogP) is 2.29. The van der Waals surface area contributed by atoms with Crippen molar-refractivity contribution >= 4 is 5.97 Å². The highest BCUT2D eigenvalue weighted by Crippen LogP contribution is 2.27. The summed E-state index contributed by atoms with van der Waals surface area (Å²) in [6.07, 6.45) is 1.55. The predicted molar refractivity (Wildman–Crippen MR) is 87.2 cm³/mol. The second-order valence-electron chi connectivity index (χ2n) is 6.88. The average molecular weight is 302 g/mol. The van der Waals surface area contributed by atoms with E-state index >= 15 is 0 Å². The summed E-state index contributed by atoms with van der Waals surface area (Å²) in [6.45, 7) is 9.35. The van der Waals surface area contributed by atoms with Gasteiger partial charge in [0.1, 0.15) is 0 Å². The largest absolute Gasteiger partial charge is 0.481 e. The van der Waals surface area contributed by atoms with Gasteiger partial charge in [-0.05, 0) is 62.0 Å². The monoisotopic (exact) mass is 302 g/mol. The van der Waals surface area contributed by atoms with Crippen molar-refractivity contribution in [3.8, 4) is 0 Å². The first-order chi connectivity index (χ1) is 10.5. The van der Waals surface area contributed by atoms with Crippen molar-refractivity contribution in [3.05, 3.63) is 34.4 Å². The Labute approximate surface area is 132 Å². The van der Waals surface area contributed by atoms with Crippen molar-refractivity contribution in [2.45, 2.75) is 39.2 Å². The van der Waals surface area contributed by atoms with Gasteiger partial charge in [0.2, 0.25) is 0 Å². The van der Waals surface area contributed by atoms with Crippen LogP contribution in [0.15, 0.2) is 12.1 Å². The second kappa shape index (κ2) is 6.39. The van der Waals surface area contributed by atoms with Gasteiger partial charge in [-0.25, -0.2) is 0 Å². The molecular weight excluding hydrogens is 276 g/mol. The van der Waals surface area contributed by atoms with E-state index < -0.39 is 5.97 Å². The molecular formula is C18H26N2O2. The number of carboxylic acid groups (broad SMARTS) is 1. The number of aliphatic carboxylic acids is 1. The zero-order valence-electron chi connectivity index (χ0n) is 13.6. The molecule has 0 bridgehead atoms. The Morgan fingerprint density at radius 3 is 2.27 bits per heavy atom. The Bertz CT molecular complexity index is 535. The molecule has 0 aliphatic carbocycles. The average Bonchev–Trinajstić information content (AvgIpc) is 2.41. The molecule has 3 rings (SSSR count). The molecule has 0 aromatic heterocycles. The standard InChI is InChI=1S/C18H26N2O2/c1-12-7-15(16-9-19-10-16)8-13(2)17(12)11-20-5-3-14(4-6-20)18(21)22/h7-8,14,16,19H,3-6,9-11H2,1-2H3,(H,21,22). The fourth-order valence-corrected chi connectivity index (χ4v) is 3.60. The molecule has 1 aromatic carbocycles. The van der Waals surface area contributed by atoms with Crippen molar-refractivity contribution in [1.29, 1.82) is 0 Å². The number of hydrogen-bond donors (Lipinski definition) is 2. The molecule has 22 heavy (non-hydrogen) atoms. The number of piperidine rings is 1. The van der Waals surface area contributed by atoms with Crippen LogP contribution in [-0.4, -0.2) is 42.2 Å². The number of nitrogens with zero attached hydrogens (tertiary/aromatic N) is 1. The van der Waals surface area contributed by atoms with Gasteiger partial charge >= 0.3 is 5.97 Å². The Hall–Kier alpha value is -1.39. The second-order valence-corrected chi connectivity index (χ2v) is 6.88. The highest BCUT2D eigenvalue weighted by Gasteiger charge is 2.25. The summed E-state index contributed by atoms with van der Waals surface area (Å²) in [6, 6.07) is 4.69. The lowest BCUT2D eigenvalue weighted by Crippen LogP contribution is -2.40. The molecule has 0 atom stereocenters. The van der Waals surface area contributed by atoms with Crippen LogP contribution in [-0.2, 0) is 11.3 Å².